The van der Waals surface area contributed by atoms with Gasteiger partial charge in [-0.05, 0) is 49.7 Å². The topological polar surface area (TPSA) is 74.6 Å². The fourth-order valence-electron chi connectivity index (χ4n) is 3.25. The van der Waals surface area contributed by atoms with Gasteiger partial charge in [-0.1, -0.05) is 11.6 Å². The van der Waals surface area contributed by atoms with Crippen LogP contribution in [0.5, 0.6) is 0 Å². The molecule has 1 aliphatic rings. The van der Waals surface area contributed by atoms with Gasteiger partial charge in [-0.25, -0.2) is 0 Å². The Labute approximate surface area is 170 Å². The van der Waals surface area contributed by atoms with Crippen LogP contribution in [-0.2, 0) is 22.3 Å². The lowest BCUT2D eigenvalue weighted by atomic mass is 10.1. The second kappa shape index (κ2) is 8.87. The molecule has 1 aromatic carbocycles. The number of nitrogens with one attached hydrogen (secondary N) is 2. The minimum absolute atomic E-state index is 0.0804. The summed E-state index contributed by atoms with van der Waals surface area (Å²) < 4.78 is 44.7. The Balaban J connectivity index is 1.60. The van der Waals surface area contributed by atoms with E-state index in [2.05, 4.69) is 10.6 Å². The average molecular weight is 430 g/mol. The molecule has 2 amide bonds. The molecule has 0 spiro atoms. The Morgan fingerprint density at radius 1 is 1.28 bits per heavy atom. The van der Waals surface area contributed by atoms with Crippen molar-refractivity contribution >= 4 is 29.1 Å². The number of carbonyl (C=O) groups excluding carboxylic acids is 2. The molecule has 2 heterocycles. The molecule has 1 atom stereocenters. The molecule has 0 unspecified atom stereocenters. The maximum Gasteiger partial charge on any atom is 0.418 e. The van der Waals surface area contributed by atoms with Gasteiger partial charge < -0.3 is 15.1 Å². The van der Waals surface area contributed by atoms with Crippen LogP contribution in [0.3, 0.4) is 0 Å². The lowest BCUT2D eigenvalue weighted by Gasteiger charge is -2.23. The fourth-order valence-corrected chi connectivity index (χ4v) is 3.42. The number of halogens is 4. The molecular weight excluding hydrogens is 411 g/mol. The number of anilines is 1. The minimum Gasteiger partial charge on any atom is -0.467 e. The number of likely N-dealkylation sites (tertiary alicyclic amines) is 1. The van der Waals surface area contributed by atoms with Crippen LogP contribution in [-0.4, -0.2) is 35.8 Å². The van der Waals surface area contributed by atoms with Gasteiger partial charge >= 0.3 is 6.18 Å². The van der Waals surface area contributed by atoms with E-state index in [1.807, 2.05) is 0 Å². The maximum atomic E-state index is 13.2. The molecule has 29 heavy (non-hydrogen) atoms. The maximum absolute atomic E-state index is 13.2. The Morgan fingerprint density at radius 3 is 2.76 bits per heavy atom. The van der Waals surface area contributed by atoms with Gasteiger partial charge in [0, 0.05) is 5.02 Å². The van der Waals surface area contributed by atoms with E-state index in [1.54, 1.807) is 17.0 Å². The number of benzene rings is 1. The fraction of sp³-hybridized carbons (Fsp3) is 0.368. The van der Waals surface area contributed by atoms with Crippen molar-refractivity contribution in [2.45, 2.75) is 31.6 Å². The van der Waals surface area contributed by atoms with Gasteiger partial charge in [0.25, 0.3) is 0 Å². The number of alkyl halides is 3. The van der Waals surface area contributed by atoms with Crippen LogP contribution >= 0.6 is 11.6 Å². The number of hydrogen-bond donors (Lipinski definition) is 2. The Morgan fingerprint density at radius 2 is 2.07 bits per heavy atom. The molecule has 0 radical (unpaired) electrons. The van der Waals surface area contributed by atoms with Crippen molar-refractivity contribution in [3.8, 4) is 0 Å². The average Bonchev–Trinajstić information content (AvgIpc) is 3.32. The highest BCUT2D eigenvalue weighted by Gasteiger charge is 2.35. The molecule has 1 aliphatic heterocycles. The van der Waals surface area contributed by atoms with Gasteiger partial charge in [-0.15, -0.1) is 0 Å². The molecule has 1 aromatic heterocycles. The standard InChI is InChI=1S/C19H19ClF3N3O3/c20-12-5-6-15(14(9-12)19(21,22)23)25-17(27)11-26-7-1-4-16(26)18(28)24-10-13-3-2-8-29-13/h2-3,5-6,8-9,16H,1,4,7,10-11H2,(H,24,28)(H,25,27)/t16-/m1/s1. The van der Waals surface area contributed by atoms with Gasteiger partial charge in [-0.2, -0.15) is 13.2 Å². The van der Waals surface area contributed by atoms with Crippen LogP contribution in [0.25, 0.3) is 0 Å². The van der Waals surface area contributed by atoms with Crippen LogP contribution in [0.2, 0.25) is 5.02 Å². The second-order valence-electron chi connectivity index (χ2n) is 6.66. The molecular formula is C19H19ClF3N3O3. The summed E-state index contributed by atoms with van der Waals surface area (Å²) in [6.07, 6.45) is -1.89. The summed E-state index contributed by atoms with van der Waals surface area (Å²) in [6, 6.07) is 6.05. The molecule has 2 N–H and O–H groups in total. The Hall–Kier alpha value is -2.52. The SMILES string of the molecule is O=C(CN1CCC[C@@H]1C(=O)NCc1ccco1)Nc1ccc(Cl)cc1C(F)(F)F. The molecule has 2 aromatic rings. The van der Waals surface area contributed by atoms with E-state index in [1.165, 1.54) is 12.3 Å². The molecule has 6 nitrogen and oxygen atoms in total. The predicted octanol–water partition coefficient (Wildman–Crippen LogP) is 3.67. The van der Waals surface area contributed by atoms with Crippen LogP contribution in [0.4, 0.5) is 18.9 Å². The first-order chi connectivity index (χ1) is 13.7. The van der Waals surface area contributed by atoms with E-state index in [-0.39, 0.29) is 29.7 Å². The summed E-state index contributed by atoms with van der Waals surface area (Å²) >= 11 is 5.65. The third-order valence-electron chi connectivity index (χ3n) is 4.59. The summed E-state index contributed by atoms with van der Waals surface area (Å²) in [4.78, 5) is 26.4. The number of amides is 2. The third-order valence-corrected chi connectivity index (χ3v) is 4.83. The highest BCUT2D eigenvalue weighted by atomic mass is 35.5. The largest absolute Gasteiger partial charge is 0.467 e. The van der Waals surface area contributed by atoms with Crippen LogP contribution in [0, 0.1) is 0 Å². The monoisotopic (exact) mass is 429 g/mol. The van der Waals surface area contributed by atoms with Crippen molar-refractivity contribution in [3.63, 3.8) is 0 Å². The molecule has 0 saturated carbocycles. The number of carbonyl (C=O) groups is 2. The molecule has 3 rings (SSSR count). The van der Waals surface area contributed by atoms with Crippen LogP contribution < -0.4 is 10.6 Å². The van der Waals surface area contributed by atoms with Crippen LogP contribution in [0.1, 0.15) is 24.2 Å². The summed E-state index contributed by atoms with van der Waals surface area (Å²) in [6.45, 7) is 0.528. The highest BCUT2D eigenvalue weighted by molar-refractivity contribution is 6.30. The van der Waals surface area contributed by atoms with E-state index in [9.17, 15) is 22.8 Å². The normalized spacial score (nSPS) is 17.3. The Kier molecular flexibility index (Phi) is 6.49. The van der Waals surface area contributed by atoms with E-state index < -0.39 is 23.7 Å². The van der Waals surface area contributed by atoms with Crippen LogP contribution in [0.15, 0.2) is 41.0 Å². The molecule has 0 aliphatic carbocycles. The van der Waals surface area contributed by atoms with E-state index in [4.69, 9.17) is 16.0 Å². The zero-order chi connectivity index (χ0) is 21.0. The zero-order valence-electron chi connectivity index (χ0n) is 15.3. The molecule has 1 fully saturated rings. The smallest absolute Gasteiger partial charge is 0.418 e. The first-order valence-electron chi connectivity index (χ1n) is 8.95. The third kappa shape index (κ3) is 5.51. The highest BCUT2D eigenvalue weighted by Crippen LogP contribution is 2.36. The van der Waals surface area contributed by atoms with Gasteiger partial charge in [0.15, 0.2) is 0 Å². The molecule has 10 heteroatoms. The lowest BCUT2D eigenvalue weighted by molar-refractivity contribution is -0.137. The first-order valence-corrected chi connectivity index (χ1v) is 9.32. The molecule has 0 bridgehead atoms. The summed E-state index contributed by atoms with van der Waals surface area (Å²) in [5.41, 5.74) is -1.39. The van der Waals surface area contributed by atoms with Gasteiger partial charge in [-0.3, -0.25) is 14.5 Å². The predicted molar refractivity (Wildman–Crippen MR) is 100 cm³/mol. The van der Waals surface area contributed by atoms with Crippen molar-refractivity contribution in [1.29, 1.82) is 0 Å². The minimum atomic E-state index is -4.66. The van der Waals surface area contributed by atoms with Crippen molar-refractivity contribution in [3.05, 3.63) is 52.9 Å². The van der Waals surface area contributed by atoms with Crippen molar-refractivity contribution in [2.24, 2.45) is 0 Å². The number of furan rings is 1. The quantitative estimate of drug-likeness (QED) is 0.734. The van der Waals surface area contributed by atoms with Crippen molar-refractivity contribution in [1.82, 2.24) is 10.2 Å². The second-order valence-corrected chi connectivity index (χ2v) is 7.10. The molecule has 156 valence electrons. The van der Waals surface area contributed by atoms with Gasteiger partial charge in [0.2, 0.25) is 11.8 Å². The van der Waals surface area contributed by atoms with E-state index in [0.29, 0.717) is 25.1 Å². The van der Waals surface area contributed by atoms with Crippen molar-refractivity contribution < 1.29 is 27.2 Å². The summed E-state index contributed by atoms with van der Waals surface area (Å²) in [5, 5.41) is 4.94. The molecule has 1 saturated heterocycles. The first kappa shape index (κ1) is 21.2. The summed E-state index contributed by atoms with van der Waals surface area (Å²) in [5.74, 6) is -0.291. The Bertz CT molecular complexity index is 871. The zero-order valence-corrected chi connectivity index (χ0v) is 16.0. The number of nitrogens with zero attached hydrogens (tertiary/aromatic N) is 1. The number of rotatable bonds is 6. The number of hydrogen-bond acceptors (Lipinski definition) is 4. The van der Waals surface area contributed by atoms with Gasteiger partial charge in [0.05, 0.1) is 36.6 Å². The summed E-state index contributed by atoms with van der Waals surface area (Å²) in [7, 11) is 0. The van der Waals surface area contributed by atoms with Crippen molar-refractivity contribution in [2.75, 3.05) is 18.4 Å². The van der Waals surface area contributed by atoms with E-state index >= 15 is 0 Å². The van der Waals surface area contributed by atoms with E-state index in [0.717, 1.165) is 12.1 Å². The lowest BCUT2D eigenvalue weighted by Crippen LogP contribution is -2.45. The van der Waals surface area contributed by atoms with Gasteiger partial charge in [0.1, 0.15) is 5.76 Å².